The molecule has 0 radical (unpaired) electrons. The predicted molar refractivity (Wildman–Crippen MR) is 45.9 cm³/mol. The molecule has 1 unspecified atom stereocenters. The van der Waals surface area contributed by atoms with Gasteiger partial charge in [0.05, 0.1) is 0 Å². The number of ether oxygens (including phenoxy) is 2. The predicted octanol–water partition coefficient (Wildman–Crippen LogP) is 0.808. The Labute approximate surface area is 76.7 Å². The third-order valence-corrected chi connectivity index (χ3v) is 1.04. The standard InChI is InChI=1S/C8H13NO4/c1-4-7(10)12-6(3)13-8(11)9-5-2/h4,6H,1,5H2,2-3H3,(H,9,11). The largest absolute Gasteiger partial charge is 0.422 e. The topological polar surface area (TPSA) is 64.6 Å². The minimum Gasteiger partial charge on any atom is -0.422 e. The zero-order valence-electron chi connectivity index (χ0n) is 7.70. The van der Waals surface area contributed by atoms with E-state index in [1.165, 1.54) is 6.92 Å². The second-order valence-electron chi connectivity index (χ2n) is 2.14. The minimum absolute atomic E-state index is 0.459. The second kappa shape index (κ2) is 6.05. The van der Waals surface area contributed by atoms with Crippen molar-refractivity contribution in [2.24, 2.45) is 0 Å². The number of esters is 1. The van der Waals surface area contributed by atoms with Gasteiger partial charge in [0, 0.05) is 19.5 Å². The van der Waals surface area contributed by atoms with Crippen LogP contribution >= 0.6 is 0 Å². The molecule has 5 nitrogen and oxygen atoms in total. The summed E-state index contributed by atoms with van der Waals surface area (Å²) in [4.78, 5) is 21.4. The van der Waals surface area contributed by atoms with Crippen LogP contribution in [-0.2, 0) is 14.3 Å². The van der Waals surface area contributed by atoms with Gasteiger partial charge in [-0.25, -0.2) is 9.59 Å². The van der Waals surface area contributed by atoms with E-state index in [4.69, 9.17) is 0 Å². The molecule has 1 atom stereocenters. The van der Waals surface area contributed by atoms with Gasteiger partial charge in [-0.15, -0.1) is 0 Å². The molecule has 0 rings (SSSR count). The van der Waals surface area contributed by atoms with Crippen LogP contribution in [-0.4, -0.2) is 24.9 Å². The van der Waals surface area contributed by atoms with Gasteiger partial charge in [0.2, 0.25) is 6.29 Å². The van der Waals surface area contributed by atoms with E-state index < -0.39 is 18.4 Å². The molecule has 0 aromatic rings. The lowest BCUT2D eigenvalue weighted by Gasteiger charge is -2.12. The van der Waals surface area contributed by atoms with Crippen molar-refractivity contribution < 1.29 is 19.1 Å². The fraction of sp³-hybridized carbons (Fsp3) is 0.500. The first-order valence-electron chi connectivity index (χ1n) is 3.87. The maximum atomic E-state index is 10.8. The molecule has 0 spiro atoms. The summed E-state index contributed by atoms with van der Waals surface area (Å²) < 4.78 is 9.20. The average molecular weight is 187 g/mol. The molecular formula is C8H13NO4. The van der Waals surface area contributed by atoms with Crippen LogP contribution < -0.4 is 5.32 Å². The third-order valence-electron chi connectivity index (χ3n) is 1.04. The summed E-state index contributed by atoms with van der Waals surface area (Å²) in [6.07, 6.45) is -0.527. The fourth-order valence-corrected chi connectivity index (χ4v) is 0.572. The smallest absolute Gasteiger partial charge is 0.410 e. The highest BCUT2D eigenvalue weighted by atomic mass is 16.7. The number of hydrogen-bond donors (Lipinski definition) is 1. The molecule has 0 saturated carbocycles. The summed E-state index contributed by atoms with van der Waals surface area (Å²) in [6, 6.07) is 0. The van der Waals surface area contributed by atoms with E-state index >= 15 is 0 Å². The summed E-state index contributed by atoms with van der Waals surface area (Å²) in [7, 11) is 0. The lowest BCUT2D eigenvalue weighted by Crippen LogP contribution is -2.29. The third kappa shape index (κ3) is 5.72. The van der Waals surface area contributed by atoms with Crippen LogP contribution in [0.4, 0.5) is 4.79 Å². The molecule has 0 aliphatic carbocycles. The van der Waals surface area contributed by atoms with Crippen molar-refractivity contribution in [2.75, 3.05) is 6.54 Å². The van der Waals surface area contributed by atoms with Gasteiger partial charge in [-0.05, 0) is 6.92 Å². The molecule has 0 fully saturated rings. The van der Waals surface area contributed by atoms with Crippen molar-refractivity contribution >= 4 is 12.1 Å². The van der Waals surface area contributed by atoms with Crippen LogP contribution in [0, 0.1) is 0 Å². The first kappa shape index (κ1) is 11.5. The monoisotopic (exact) mass is 187 g/mol. The van der Waals surface area contributed by atoms with E-state index in [0.717, 1.165) is 6.08 Å². The molecular weight excluding hydrogens is 174 g/mol. The minimum atomic E-state index is -0.906. The maximum absolute atomic E-state index is 10.8. The summed E-state index contributed by atoms with van der Waals surface area (Å²) in [5.41, 5.74) is 0. The molecule has 1 N–H and O–H groups in total. The number of amides is 1. The molecule has 13 heavy (non-hydrogen) atoms. The van der Waals surface area contributed by atoms with E-state index in [0.29, 0.717) is 6.54 Å². The number of rotatable bonds is 4. The molecule has 0 bridgehead atoms. The highest BCUT2D eigenvalue weighted by Gasteiger charge is 2.10. The van der Waals surface area contributed by atoms with Crippen molar-refractivity contribution in [3.05, 3.63) is 12.7 Å². The number of hydrogen-bond acceptors (Lipinski definition) is 4. The summed E-state index contributed by atoms with van der Waals surface area (Å²) in [6.45, 7) is 6.85. The van der Waals surface area contributed by atoms with Gasteiger partial charge in [-0.3, -0.25) is 0 Å². The second-order valence-corrected chi connectivity index (χ2v) is 2.14. The van der Waals surface area contributed by atoms with E-state index in [2.05, 4.69) is 21.4 Å². The van der Waals surface area contributed by atoms with Gasteiger partial charge in [0.1, 0.15) is 0 Å². The van der Waals surface area contributed by atoms with Crippen LogP contribution in [0.2, 0.25) is 0 Å². The molecule has 1 amide bonds. The van der Waals surface area contributed by atoms with Crippen LogP contribution in [0.3, 0.4) is 0 Å². The van der Waals surface area contributed by atoms with Crippen LogP contribution in [0.1, 0.15) is 13.8 Å². The van der Waals surface area contributed by atoms with E-state index in [-0.39, 0.29) is 0 Å². The highest BCUT2D eigenvalue weighted by molar-refractivity contribution is 5.81. The van der Waals surface area contributed by atoms with Gasteiger partial charge in [-0.2, -0.15) is 0 Å². The Bertz CT molecular complexity index is 202. The first-order chi connectivity index (χ1) is 6.10. The van der Waals surface area contributed by atoms with Crippen molar-refractivity contribution in [3.63, 3.8) is 0 Å². The van der Waals surface area contributed by atoms with Gasteiger partial charge < -0.3 is 14.8 Å². The Kier molecular flexibility index (Phi) is 5.34. The van der Waals surface area contributed by atoms with E-state index in [1.54, 1.807) is 6.92 Å². The zero-order valence-corrected chi connectivity index (χ0v) is 7.70. The van der Waals surface area contributed by atoms with Crippen LogP contribution in [0.15, 0.2) is 12.7 Å². The Morgan fingerprint density at radius 2 is 2.15 bits per heavy atom. The molecule has 74 valence electrons. The Balaban J connectivity index is 3.73. The van der Waals surface area contributed by atoms with Crippen LogP contribution in [0.25, 0.3) is 0 Å². The fourth-order valence-electron chi connectivity index (χ4n) is 0.572. The SMILES string of the molecule is C=CC(=O)OC(C)OC(=O)NCC. The van der Waals surface area contributed by atoms with Gasteiger partial charge in [0.15, 0.2) is 0 Å². The maximum Gasteiger partial charge on any atom is 0.410 e. The Morgan fingerprint density at radius 3 is 2.62 bits per heavy atom. The van der Waals surface area contributed by atoms with Gasteiger partial charge >= 0.3 is 12.1 Å². The zero-order chi connectivity index (χ0) is 10.3. The van der Waals surface area contributed by atoms with Gasteiger partial charge in [-0.1, -0.05) is 6.58 Å². The quantitative estimate of drug-likeness (QED) is 0.402. The number of carbonyl (C=O) groups excluding carboxylic acids is 2. The van der Waals surface area contributed by atoms with Gasteiger partial charge in [0.25, 0.3) is 0 Å². The highest BCUT2D eigenvalue weighted by Crippen LogP contribution is 1.94. The van der Waals surface area contributed by atoms with Crippen LogP contribution in [0.5, 0.6) is 0 Å². The van der Waals surface area contributed by atoms with E-state index in [1.807, 2.05) is 0 Å². The van der Waals surface area contributed by atoms with E-state index in [9.17, 15) is 9.59 Å². The number of carbonyl (C=O) groups is 2. The Morgan fingerprint density at radius 1 is 1.54 bits per heavy atom. The van der Waals surface area contributed by atoms with Crippen molar-refractivity contribution in [2.45, 2.75) is 20.1 Å². The van der Waals surface area contributed by atoms with Crippen molar-refractivity contribution in [3.8, 4) is 0 Å². The summed E-state index contributed by atoms with van der Waals surface area (Å²) in [5, 5.41) is 2.39. The average Bonchev–Trinajstić information content (AvgIpc) is 2.04. The molecule has 5 heteroatoms. The molecule has 0 saturated heterocycles. The molecule has 0 aromatic heterocycles. The molecule has 0 aromatic carbocycles. The molecule has 0 aliphatic rings. The Hall–Kier alpha value is -1.52. The lowest BCUT2D eigenvalue weighted by molar-refractivity contribution is -0.158. The van der Waals surface area contributed by atoms with Crippen molar-refractivity contribution in [1.29, 1.82) is 0 Å². The number of nitrogens with one attached hydrogen (secondary N) is 1. The van der Waals surface area contributed by atoms with Crippen molar-refractivity contribution in [1.82, 2.24) is 5.32 Å². The number of alkyl carbamates (subject to hydrolysis) is 1. The summed E-state index contributed by atoms with van der Waals surface area (Å²) >= 11 is 0. The summed E-state index contributed by atoms with van der Waals surface area (Å²) in [5.74, 6) is -0.628. The normalized spacial score (nSPS) is 11.2. The first-order valence-corrected chi connectivity index (χ1v) is 3.87. The molecule has 0 heterocycles. The molecule has 0 aliphatic heterocycles. The lowest BCUT2D eigenvalue weighted by atomic mass is 10.6.